The van der Waals surface area contributed by atoms with Crippen LogP contribution in [0.1, 0.15) is 65.9 Å². The third kappa shape index (κ3) is 13.1. The fourth-order valence-corrected chi connectivity index (χ4v) is 8.36. The van der Waals surface area contributed by atoms with E-state index in [0.717, 1.165) is 29.8 Å². The number of nitrogens with one attached hydrogen (secondary N) is 8. The molecule has 1 aromatic carbocycles. The number of aryl methyl sites for hydroxylation is 1. The maximum atomic E-state index is 14.4. The summed E-state index contributed by atoms with van der Waals surface area (Å²) < 4.78 is 4.80. The molecule has 3 heterocycles. The number of aromatic hydroxyl groups is 1. The van der Waals surface area contributed by atoms with Crippen LogP contribution >= 0.6 is 11.8 Å². The number of aromatic nitrogens is 1. The van der Waals surface area contributed by atoms with E-state index in [4.69, 9.17) is 4.74 Å². The van der Waals surface area contributed by atoms with Crippen LogP contribution in [0.5, 0.6) is 5.75 Å². The molecule has 2 fully saturated rings. The van der Waals surface area contributed by atoms with Crippen molar-refractivity contribution in [2.24, 2.45) is 11.8 Å². The molecule has 362 valence electrons. The number of nitrogens with zero attached hydrogens (tertiary/aromatic N) is 2. The molecule has 0 aliphatic carbocycles. The summed E-state index contributed by atoms with van der Waals surface area (Å²) in [5.74, 6) is -9.72. The van der Waals surface area contributed by atoms with Gasteiger partial charge in [0.1, 0.15) is 36.3 Å². The number of benzene rings is 1. The van der Waals surface area contributed by atoms with Crippen molar-refractivity contribution < 1.29 is 63.0 Å². The Morgan fingerprint density at radius 2 is 1.47 bits per heavy atom. The summed E-state index contributed by atoms with van der Waals surface area (Å²) in [5, 5.41) is 50.8. The molecule has 0 radical (unpaired) electrons. The number of aromatic amines is 1. The van der Waals surface area contributed by atoms with E-state index in [9.17, 15) is 63.5 Å². The molecule has 0 bridgehead atoms. The van der Waals surface area contributed by atoms with Gasteiger partial charge in [-0.25, -0.2) is 0 Å². The van der Waals surface area contributed by atoms with Crippen LogP contribution in [0.3, 0.4) is 0 Å². The summed E-state index contributed by atoms with van der Waals surface area (Å²) in [7, 11) is 1.04. The molecule has 10 N–H and O–H groups in total. The van der Waals surface area contributed by atoms with Gasteiger partial charge >= 0.3 is 11.7 Å². The monoisotopic (exact) mass is 946 g/mol. The second kappa shape index (κ2) is 23.1. The molecule has 0 saturated carbocycles. The first-order chi connectivity index (χ1) is 31.1. The second-order valence-corrected chi connectivity index (χ2v) is 17.4. The molecule has 66 heavy (non-hydrogen) atoms. The number of amides is 8. The summed E-state index contributed by atoms with van der Waals surface area (Å²) in [5.41, 5.74) is 0.248. The number of carbonyl (C=O) groups excluding carboxylic acids is 9. The van der Waals surface area contributed by atoms with Crippen molar-refractivity contribution in [3.05, 3.63) is 27.8 Å². The smallest absolute Gasteiger partial charge is 0.311 e. The maximum absolute atomic E-state index is 14.4. The fraction of sp³-hybridized carbons (Fsp3) is 0.585. The third-order valence-electron chi connectivity index (χ3n) is 11.6. The molecule has 24 nitrogen and oxygen atoms in total. The number of esters is 1. The Balaban J connectivity index is 1.74. The molecule has 2 aliphatic heterocycles. The van der Waals surface area contributed by atoms with Crippen LogP contribution in [-0.2, 0) is 47.9 Å². The number of carbonyl (C=O) groups is 9. The minimum absolute atomic E-state index is 0.296. The zero-order chi connectivity index (χ0) is 49.2. The molecule has 2 aliphatic rings. The number of aliphatic hydroxyl groups excluding tert-OH is 1. The van der Waals surface area contributed by atoms with Crippen LogP contribution in [0.2, 0.25) is 0 Å². The number of hydrogen-bond donors (Lipinski definition) is 10. The lowest BCUT2D eigenvalue weighted by Crippen LogP contribution is -2.60. The number of nitro benzene ring substituents is 1. The minimum Gasteiger partial charge on any atom is -0.502 e. The molecule has 0 spiro atoms. The SMILES string of the molecule is CC[C@H](C)[C@@H]1NC(=O)CNC(=O)[C@H](C)NC(=O)[C@H]([C@@H](C)CC)NC(=O)[C@@H]2C[C@@H](O)CN2C(=O)[C@H](CC(=O)OC)NC(=O)[C@H](CSc2[nH]c3cc(O)c([N+](=O)[O-])cc3c2C)NC(=O)CNC1=O. The van der Waals surface area contributed by atoms with E-state index >= 15 is 0 Å². The number of rotatable bonds is 10. The van der Waals surface area contributed by atoms with E-state index in [-0.39, 0.29) is 12.2 Å². The van der Waals surface area contributed by atoms with Crippen molar-refractivity contribution in [1.82, 2.24) is 47.1 Å². The van der Waals surface area contributed by atoms with Gasteiger partial charge in [0.2, 0.25) is 47.3 Å². The molecule has 0 unspecified atom stereocenters. The molecule has 9 atom stereocenters. The Bertz CT molecular complexity index is 2220. The molecule has 4 rings (SSSR count). The number of ether oxygens (including phenoxy) is 1. The van der Waals surface area contributed by atoms with Gasteiger partial charge in [-0.3, -0.25) is 53.3 Å². The predicted octanol–water partition coefficient (Wildman–Crippen LogP) is -1.51. The molecule has 25 heteroatoms. The Labute approximate surface area is 383 Å². The average Bonchev–Trinajstić information content (AvgIpc) is 3.82. The Kier molecular flexibility index (Phi) is 18.2. The topological polar surface area (TPSA) is 350 Å². The van der Waals surface area contributed by atoms with Gasteiger partial charge < -0.3 is 62.1 Å². The molecular weight excluding hydrogens is 889 g/mol. The van der Waals surface area contributed by atoms with Crippen molar-refractivity contribution in [3.63, 3.8) is 0 Å². The van der Waals surface area contributed by atoms with Crippen molar-refractivity contribution in [1.29, 1.82) is 0 Å². The van der Waals surface area contributed by atoms with E-state index in [2.05, 4.69) is 42.2 Å². The summed E-state index contributed by atoms with van der Waals surface area (Å²) in [6.45, 7) is 8.08. The number of phenols is 1. The number of aliphatic hydroxyl groups is 1. The van der Waals surface area contributed by atoms with Gasteiger partial charge in [-0.2, -0.15) is 0 Å². The largest absolute Gasteiger partial charge is 0.502 e. The van der Waals surface area contributed by atoms with E-state index < -0.39 is 150 Å². The summed E-state index contributed by atoms with van der Waals surface area (Å²) in [6, 6.07) is -6.04. The van der Waals surface area contributed by atoms with Gasteiger partial charge in [0, 0.05) is 36.2 Å². The van der Waals surface area contributed by atoms with Gasteiger partial charge in [-0.1, -0.05) is 40.5 Å². The summed E-state index contributed by atoms with van der Waals surface area (Å²) >= 11 is 0.969. The van der Waals surface area contributed by atoms with Gasteiger partial charge in [0.15, 0.2) is 5.75 Å². The minimum atomic E-state index is -1.74. The highest BCUT2D eigenvalue weighted by molar-refractivity contribution is 7.99. The zero-order valence-electron chi connectivity index (χ0n) is 37.6. The summed E-state index contributed by atoms with van der Waals surface area (Å²) in [6.07, 6.45) is -1.54. The van der Waals surface area contributed by atoms with Crippen LogP contribution in [0.15, 0.2) is 17.2 Å². The second-order valence-electron chi connectivity index (χ2n) is 16.4. The average molecular weight is 947 g/mol. The van der Waals surface area contributed by atoms with E-state index in [1.807, 2.05) is 0 Å². The first-order valence-corrected chi connectivity index (χ1v) is 22.3. The lowest BCUT2D eigenvalue weighted by Gasteiger charge is -2.31. The number of fused-ring (bicyclic) bond motifs is 2. The standard InChI is InChI=1S/C41H58N10O14S/c1-8-18(3)33-38(60)43-14-30(54)45-26(17-66-40-20(5)23-11-27(51(63)64)29(53)12-24(23)47-40)36(58)46-25(13-32(56)65-7)41(62)50-16-22(52)10-28(50)37(59)49-34(19(4)9-2)39(61)44-21(6)35(57)42-15-31(55)48-33/h11-12,18-19,21-22,25-26,28,33-34,47,52-53H,8-10,13-17H2,1-7H3,(H,42,57)(H,43,60)(H,44,61)(H,45,54)(H,46,58)(H,48,55)(H,49,59)/t18-,19-,21-,22+,25-,26-,28-,33-,34-/m0/s1. The van der Waals surface area contributed by atoms with Gasteiger partial charge in [-0.15, -0.1) is 11.8 Å². The number of methoxy groups -OCH3 is 1. The van der Waals surface area contributed by atoms with Crippen LogP contribution in [0.25, 0.3) is 10.9 Å². The fourth-order valence-electron chi connectivity index (χ4n) is 7.29. The number of hydrogen-bond acceptors (Lipinski definition) is 15. The Morgan fingerprint density at radius 3 is 2.08 bits per heavy atom. The van der Waals surface area contributed by atoms with Crippen molar-refractivity contribution in [3.8, 4) is 5.75 Å². The van der Waals surface area contributed by atoms with Gasteiger partial charge in [-0.05, 0) is 31.2 Å². The highest BCUT2D eigenvalue weighted by Gasteiger charge is 2.44. The molecule has 8 amide bonds. The van der Waals surface area contributed by atoms with Gasteiger partial charge in [0.25, 0.3) is 0 Å². The van der Waals surface area contributed by atoms with Crippen LogP contribution < -0.4 is 37.2 Å². The van der Waals surface area contributed by atoms with Crippen molar-refractivity contribution in [2.45, 2.75) is 115 Å². The normalized spacial score (nSPS) is 25.5. The van der Waals surface area contributed by atoms with Crippen LogP contribution in [0.4, 0.5) is 5.69 Å². The Hall–Kier alpha value is -6.50. The molecule has 2 saturated heterocycles. The number of H-pyrrole nitrogens is 1. The predicted molar refractivity (Wildman–Crippen MR) is 235 cm³/mol. The first-order valence-electron chi connectivity index (χ1n) is 21.3. The Morgan fingerprint density at radius 1 is 0.864 bits per heavy atom. The number of thioether (sulfide) groups is 1. The zero-order valence-corrected chi connectivity index (χ0v) is 38.4. The maximum Gasteiger partial charge on any atom is 0.311 e. The number of phenolic OH excluding ortho intramolecular Hbond substituents is 1. The lowest BCUT2D eigenvalue weighted by atomic mass is 9.97. The number of nitro groups is 1. The van der Waals surface area contributed by atoms with E-state index in [1.54, 1.807) is 34.6 Å². The molecule has 1 aromatic heterocycles. The highest BCUT2D eigenvalue weighted by atomic mass is 32.2. The van der Waals surface area contributed by atoms with E-state index in [1.165, 1.54) is 13.0 Å². The van der Waals surface area contributed by atoms with Crippen LogP contribution in [0, 0.1) is 28.9 Å². The third-order valence-corrected chi connectivity index (χ3v) is 12.8. The molecule has 2 aromatic rings. The summed E-state index contributed by atoms with van der Waals surface area (Å²) in [4.78, 5) is 137. The van der Waals surface area contributed by atoms with E-state index in [0.29, 0.717) is 34.3 Å². The van der Waals surface area contributed by atoms with Crippen molar-refractivity contribution >= 4 is 81.6 Å². The highest BCUT2D eigenvalue weighted by Crippen LogP contribution is 2.36. The molecular formula is C41H58N10O14S. The van der Waals surface area contributed by atoms with Crippen molar-refractivity contribution in [2.75, 3.05) is 32.5 Å². The first kappa shape index (κ1) is 52.1. The quantitative estimate of drug-likeness (QED) is 0.0560. The van der Waals surface area contributed by atoms with Gasteiger partial charge in [0.05, 0.1) is 48.2 Å². The van der Waals surface area contributed by atoms with Crippen LogP contribution in [-0.4, -0.2) is 153 Å². The lowest BCUT2D eigenvalue weighted by molar-refractivity contribution is -0.385.